The van der Waals surface area contributed by atoms with Crippen LogP contribution in [-0.4, -0.2) is 49.5 Å². The van der Waals surface area contributed by atoms with Crippen LogP contribution in [0, 0.1) is 6.92 Å². The molecular formula is C20H27NO6S. The maximum atomic E-state index is 12.6. The van der Waals surface area contributed by atoms with E-state index in [-0.39, 0.29) is 11.4 Å². The summed E-state index contributed by atoms with van der Waals surface area (Å²) in [6.07, 6.45) is 0.525. The molecule has 0 saturated carbocycles. The minimum Gasteiger partial charge on any atom is -0.493 e. The van der Waals surface area contributed by atoms with Crippen LogP contribution in [0.2, 0.25) is 0 Å². The second-order valence-corrected chi connectivity index (χ2v) is 7.87. The fourth-order valence-electron chi connectivity index (χ4n) is 2.64. The predicted molar refractivity (Wildman–Crippen MR) is 107 cm³/mol. The Bertz CT molecular complexity index is 882. The van der Waals surface area contributed by atoms with Gasteiger partial charge in [-0.25, -0.2) is 13.1 Å². The fraction of sp³-hybridized carbons (Fsp3) is 0.400. The first kappa shape index (κ1) is 22.0. The smallest absolute Gasteiger partial charge is 0.240 e. The highest BCUT2D eigenvalue weighted by molar-refractivity contribution is 7.89. The van der Waals surface area contributed by atoms with Gasteiger partial charge in [0, 0.05) is 13.7 Å². The average Bonchev–Trinajstić information content (AvgIpc) is 2.69. The minimum absolute atomic E-state index is 0.205. The Morgan fingerprint density at radius 2 is 1.61 bits per heavy atom. The van der Waals surface area contributed by atoms with E-state index >= 15 is 0 Å². The summed E-state index contributed by atoms with van der Waals surface area (Å²) in [4.78, 5) is 0.205. The molecule has 0 saturated heterocycles. The zero-order chi connectivity index (χ0) is 20.6. The van der Waals surface area contributed by atoms with E-state index in [1.54, 1.807) is 39.5 Å². The average molecular weight is 410 g/mol. The molecule has 0 aromatic heterocycles. The zero-order valence-corrected chi connectivity index (χ0v) is 17.5. The van der Waals surface area contributed by atoms with Crippen molar-refractivity contribution >= 4 is 10.0 Å². The minimum atomic E-state index is -3.61. The highest BCUT2D eigenvalue weighted by Crippen LogP contribution is 2.27. The molecule has 0 amide bonds. The first-order valence-corrected chi connectivity index (χ1v) is 10.3. The summed E-state index contributed by atoms with van der Waals surface area (Å²) in [5.41, 5.74) is 1.69. The van der Waals surface area contributed by atoms with Crippen LogP contribution in [0.3, 0.4) is 0 Å². The van der Waals surface area contributed by atoms with E-state index in [9.17, 15) is 8.42 Å². The Kier molecular flexibility index (Phi) is 8.10. The molecule has 0 atom stereocenters. The van der Waals surface area contributed by atoms with Gasteiger partial charge in [0.05, 0.1) is 25.7 Å². The molecule has 0 radical (unpaired) electrons. The summed E-state index contributed by atoms with van der Waals surface area (Å²) in [7, 11) is 1.12. The SMILES string of the molecule is COCCOc1ccc(S(=O)(=O)NCCc2ccc(OC)c(OC)c2)cc1C. The monoisotopic (exact) mass is 409 g/mol. The second kappa shape index (κ2) is 10.3. The lowest BCUT2D eigenvalue weighted by molar-refractivity contribution is 0.146. The first-order chi connectivity index (χ1) is 13.4. The summed E-state index contributed by atoms with van der Waals surface area (Å²) >= 11 is 0. The predicted octanol–water partition coefficient (Wildman–Crippen LogP) is 2.56. The summed E-state index contributed by atoms with van der Waals surface area (Å²) in [5, 5.41) is 0. The van der Waals surface area contributed by atoms with Crippen molar-refractivity contribution in [2.45, 2.75) is 18.2 Å². The van der Waals surface area contributed by atoms with Gasteiger partial charge in [0.1, 0.15) is 12.4 Å². The van der Waals surface area contributed by atoms with Crippen LogP contribution in [0.25, 0.3) is 0 Å². The van der Waals surface area contributed by atoms with Crippen molar-refractivity contribution in [2.24, 2.45) is 0 Å². The van der Waals surface area contributed by atoms with Crippen LogP contribution >= 0.6 is 0 Å². The van der Waals surface area contributed by atoms with Gasteiger partial charge in [-0.2, -0.15) is 0 Å². The third-order valence-corrected chi connectivity index (χ3v) is 5.61. The Morgan fingerprint density at radius 1 is 0.893 bits per heavy atom. The van der Waals surface area contributed by atoms with E-state index in [0.717, 1.165) is 11.1 Å². The number of nitrogens with one attached hydrogen (secondary N) is 1. The first-order valence-electron chi connectivity index (χ1n) is 8.84. The molecule has 2 rings (SSSR count). The van der Waals surface area contributed by atoms with E-state index in [1.807, 2.05) is 19.1 Å². The van der Waals surface area contributed by atoms with Crippen LogP contribution in [0.1, 0.15) is 11.1 Å². The molecule has 0 aliphatic heterocycles. The van der Waals surface area contributed by atoms with E-state index < -0.39 is 10.0 Å². The molecule has 0 aliphatic carbocycles. The van der Waals surface area contributed by atoms with Gasteiger partial charge in [-0.1, -0.05) is 6.07 Å². The second-order valence-electron chi connectivity index (χ2n) is 6.11. The molecule has 2 aromatic carbocycles. The lowest BCUT2D eigenvalue weighted by atomic mass is 10.1. The Balaban J connectivity index is 1.99. The van der Waals surface area contributed by atoms with Crippen LogP contribution in [-0.2, 0) is 21.2 Å². The van der Waals surface area contributed by atoms with Gasteiger partial charge in [0.25, 0.3) is 0 Å². The van der Waals surface area contributed by atoms with Gasteiger partial charge in [-0.3, -0.25) is 0 Å². The molecule has 28 heavy (non-hydrogen) atoms. The number of methoxy groups -OCH3 is 3. The molecule has 2 aromatic rings. The van der Waals surface area contributed by atoms with Crippen LogP contribution in [0.5, 0.6) is 17.2 Å². The molecule has 0 fully saturated rings. The lowest BCUT2D eigenvalue weighted by Crippen LogP contribution is -2.26. The van der Waals surface area contributed by atoms with E-state index in [0.29, 0.717) is 36.9 Å². The normalized spacial score (nSPS) is 11.3. The number of benzene rings is 2. The Morgan fingerprint density at radius 3 is 2.25 bits per heavy atom. The van der Waals surface area contributed by atoms with Crippen molar-refractivity contribution in [1.29, 1.82) is 0 Å². The quantitative estimate of drug-likeness (QED) is 0.575. The summed E-state index contributed by atoms with van der Waals surface area (Å²) in [6, 6.07) is 10.3. The maximum Gasteiger partial charge on any atom is 0.240 e. The number of hydrogen-bond donors (Lipinski definition) is 1. The van der Waals surface area contributed by atoms with Crippen molar-refractivity contribution in [2.75, 3.05) is 41.1 Å². The van der Waals surface area contributed by atoms with Crippen molar-refractivity contribution in [3.8, 4) is 17.2 Å². The number of rotatable bonds is 11. The van der Waals surface area contributed by atoms with Crippen molar-refractivity contribution in [3.05, 3.63) is 47.5 Å². The van der Waals surface area contributed by atoms with Gasteiger partial charge in [0.15, 0.2) is 11.5 Å². The third-order valence-electron chi connectivity index (χ3n) is 4.16. The number of aryl methyl sites for hydroxylation is 1. The van der Waals surface area contributed by atoms with Crippen molar-refractivity contribution in [3.63, 3.8) is 0 Å². The van der Waals surface area contributed by atoms with Crippen LogP contribution in [0.15, 0.2) is 41.3 Å². The van der Waals surface area contributed by atoms with E-state index in [2.05, 4.69) is 4.72 Å². The van der Waals surface area contributed by atoms with Gasteiger partial charge < -0.3 is 18.9 Å². The highest BCUT2D eigenvalue weighted by atomic mass is 32.2. The Labute approximate surface area is 166 Å². The molecule has 0 heterocycles. The number of sulfonamides is 1. The van der Waals surface area contributed by atoms with Gasteiger partial charge in [-0.05, 0) is 54.8 Å². The molecule has 7 nitrogen and oxygen atoms in total. The van der Waals surface area contributed by atoms with E-state index in [4.69, 9.17) is 18.9 Å². The summed E-state index contributed by atoms with van der Waals surface area (Å²) in [5.74, 6) is 1.89. The molecular weight excluding hydrogens is 382 g/mol. The van der Waals surface area contributed by atoms with Crippen LogP contribution < -0.4 is 18.9 Å². The molecule has 0 bridgehead atoms. The zero-order valence-electron chi connectivity index (χ0n) is 16.7. The molecule has 0 spiro atoms. The third kappa shape index (κ3) is 5.85. The lowest BCUT2D eigenvalue weighted by Gasteiger charge is -2.12. The van der Waals surface area contributed by atoms with Crippen molar-refractivity contribution < 1.29 is 27.4 Å². The molecule has 154 valence electrons. The number of hydrogen-bond acceptors (Lipinski definition) is 6. The highest BCUT2D eigenvalue weighted by Gasteiger charge is 2.15. The largest absolute Gasteiger partial charge is 0.493 e. The Hall–Kier alpha value is -2.29. The van der Waals surface area contributed by atoms with Crippen molar-refractivity contribution in [1.82, 2.24) is 4.72 Å². The summed E-state index contributed by atoms with van der Waals surface area (Å²) in [6.45, 7) is 2.96. The van der Waals surface area contributed by atoms with Gasteiger partial charge >= 0.3 is 0 Å². The molecule has 0 aliphatic rings. The topological polar surface area (TPSA) is 83.1 Å². The number of ether oxygens (including phenoxy) is 4. The van der Waals surface area contributed by atoms with Crippen LogP contribution in [0.4, 0.5) is 0 Å². The van der Waals surface area contributed by atoms with Gasteiger partial charge in [0.2, 0.25) is 10.0 Å². The maximum absolute atomic E-state index is 12.6. The standard InChI is InChI=1S/C20H27NO6S/c1-15-13-17(6-8-18(15)27-12-11-24-2)28(22,23)21-10-9-16-5-7-19(25-3)20(14-16)26-4/h5-8,13-14,21H,9-12H2,1-4H3. The molecule has 0 unspecified atom stereocenters. The molecule has 8 heteroatoms. The fourth-order valence-corrected chi connectivity index (χ4v) is 3.75. The summed E-state index contributed by atoms with van der Waals surface area (Å²) < 4.78 is 48.7. The van der Waals surface area contributed by atoms with E-state index in [1.165, 1.54) is 6.07 Å². The van der Waals surface area contributed by atoms with Gasteiger partial charge in [-0.15, -0.1) is 0 Å². The molecule has 1 N–H and O–H groups in total.